The Labute approximate surface area is 129 Å². The minimum Gasteiger partial charge on any atom is -0.462 e. The summed E-state index contributed by atoms with van der Waals surface area (Å²) in [6.45, 7) is 1.69. The summed E-state index contributed by atoms with van der Waals surface area (Å²) in [4.78, 5) is 24.3. The molecule has 22 heavy (non-hydrogen) atoms. The maximum Gasteiger partial charge on any atom is 0.343 e. The van der Waals surface area contributed by atoms with Gasteiger partial charge in [0.1, 0.15) is 22.2 Å². The number of nitrogens with zero attached hydrogens (tertiary/aromatic N) is 1. The van der Waals surface area contributed by atoms with Gasteiger partial charge in [0.05, 0.1) is 17.5 Å². The second-order valence-electron chi connectivity index (χ2n) is 5.11. The van der Waals surface area contributed by atoms with Crippen LogP contribution in [0.5, 0.6) is 0 Å². The molecular formula is C15H12ClF2NO3. The lowest BCUT2D eigenvalue weighted by atomic mass is 10.1. The predicted molar refractivity (Wildman–Crippen MR) is 77.4 cm³/mol. The number of fused-ring (bicyclic) bond motifs is 1. The summed E-state index contributed by atoms with van der Waals surface area (Å²) in [6, 6.07) is 0.521. The molecule has 0 spiro atoms. The largest absolute Gasteiger partial charge is 0.462 e. The van der Waals surface area contributed by atoms with E-state index in [-0.39, 0.29) is 34.1 Å². The minimum absolute atomic E-state index is 0.0142. The molecule has 1 aliphatic carbocycles. The quantitative estimate of drug-likeness (QED) is 0.641. The highest BCUT2D eigenvalue weighted by atomic mass is 35.5. The molecule has 0 bridgehead atoms. The van der Waals surface area contributed by atoms with Crippen LogP contribution in [0.2, 0.25) is 5.02 Å². The summed E-state index contributed by atoms with van der Waals surface area (Å²) in [7, 11) is 0. The molecule has 1 saturated carbocycles. The van der Waals surface area contributed by atoms with Crippen LogP contribution in [0.4, 0.5) is 8.78 Å². The third-order valence-corrected chi connectivity index (χ3v) is 3.94. The topological polar surface area (TPSA) is 48.3 Å². The second kappa shape index (κ2) is 5.35. The highest BCUT2D eigenvalue weighted by Crippen LogP contribution is 2.39. The van der Waals surface area contributed by atoms with E-state index in [0.717, 1.165) is 12.8 Å². The van der Waals surface area contributed by atoms with Gasteiger partial charge in [-0.15, -0.1) is 0 Å². The monoisotopic (exact) mass is 327 g/mol. The van der Waals surface area contributed by atoms with Gasteiger partial charge in [0.15, 0.2) is 0 Å². The molecule has 0 radical (unpaired) electrons. The lowest BCUT2D eigenvalue weighted by molar-refractivity contribution is 0.0524. The molecule has 4 nitrogen and oxygen atoms in total. The van der Waals surface area contributed by atoms with Crippen LogP contribution < -0.4 is 5.43 Å². The van der Waals surface area contributed by atoms with Crippen molar-refractivity contribution in [2.24, 2.45) is 0 Å². The first-order chi connectivity index (χ1) is 10.5. The Morgan fingerprint density at radius 1 is 1.41 bits per heavy atom. The maximum absolute atomic E-state index is 14.1. The Morgan fingerprint density at radius 2 is 2.09 bits per heavy atom. The number of carbonyl (C=O) groups excluding carboxylic acids is 1. The molecule has 0 unspecified atom stereocenters. The van der Waals surface area contributed by atoms with Crippen LogP contribution in [0.15, 0.2) is 17.1 Å². The molecule has 0 atom stereocenters. The number of benzene rings is 1. The Kier molecular flexibility index (Phi) is 3.64. The number of esters is 1. The van der Waals surface area contributed by atoms with E-state index in [1.807, 2.05) is 0 Å². The molecule has 1 aromatic heterocycles. The zero-order valence-corrected chi connectivity index (χ0v) is 12.4. The van der Waals surface area contributed by atoms with Crippen molar-refractivity contribution in [2.75, 3.05) is 6.61 Å². The molecule has 1 heterocycles. The smallest absolute Gasteiger partial charge is 0.343 e. The van der Waals surface area contributed by atoms with Crippen LogP contribution in [-0.2, 0) is 4.74 Å². The van der Waals surface area contributed by atoms with Gasteiger partial charge in [-0.1, -0.05) is 11.6 Å². The average molecular weight is 328 g/mol. The summed E-state index contributed by atoms with van der Waals surface area (Å²) in [6.07, 6.45) is 2.86. The number of halogens is 3. The summed E-state index contributed by atoms with van der Waals surface area (Å²) in [5.74, 6) is -2.81. The highest BCUT2D eigenvalue weighted by Gasteiger charge is 2.30. The highest BCUT2D eigenvalue weighted by molar-refractivity contribution is 6.35. The fraction of sp³-hybridized carbons (Fsp3) is 0.333. The van der Waals surface area contributed by atoms with Gasteiger partial charge in [0.2, 0.25) is 5.43 Å². The van der Waals surface area contributed by atoms with Gasteiger partial charge >= 0.3 is 5.97 Å². The molecule has 3 rings (SSSR count). The predicted octanol–water partition coefficient (Wildman–Crippen LogP) is 3.44. The Bertz CT molecular complexity index is 843. The fourth-order valence-electron chi connectivity index (χ4n) is 2.43. The van der Waals surface area contributed by atoms with E-state index >= 15 is 0 Å². The van der Waals surface area contributed by atoms with Crippen molar-refractivity contribution in [3.05, 3.63) is 44.7 Å². The van der Waals surface area contributed by atoms with E-state index in [9.17, 15) is 18.4 Å². The molecule has 1 aromatic carbocycles. The lowest BCUT2D eigenvalue weighted by Crippen LogP contribution is -2.22. The van der Waals surface area contributed by atoms with Crippen molar-refractivity contribution in [3.63, 3.8) is 0 Å². The number of aromatic nitrogens is 1. The van der Waals surface area contributed by atoms with E-state index in [2.05, 4.69) is 0 Å². The summed E-state index contributed by atoms with van der Waals surface area (Å²) in [5, 5.41) is -0.709. The van der Waals surface area contributed by atoms with Crippen LogP contribution in [0.1, 0.15) is 36.2 Å². The third kappa shape index (κ3) is 2.27. The lowest BCUT2D eigenvalue weighted by Gasteiger charge is -2.14. The van der Waals surface area contributed by atoms with Gasteiger partial charge in [-0.05, 0) is 19.8 Å². The molecule has 7 heteroatoms. The number of ether oxygens (including phenoxy) is 1. The van der Waals surface area contributed by atoms with E-state index in [1.165, 1.54) is 10.8 Å². The zero-order valence-electron chi connectivity index (χ0n) is 11.7. The zero-order chi connectivity index (χ0) is 16.0. The molecule has 0 amide bonds. The number of rotatable bonds is 3. The molecule has 1 fully saturated rings. The fourth-order valence-corrected chi connectivity index (χ4v) is 2.68. The molecular weight excluding hydrogens is 316 g/mol. The van der Waals surface area contributed by atoms with Gasteiger partial charge in [-0.25, -0.2) is 13.6 Å². The molecule has 0 N–H and O–H groups in total. The second-order valence-corrected chi connectivity index (χ2v) is 5.49. The average Bonchev–Trinajstić information content (AvgIpc) is 3.29. The first kappa shape index (κ1) is 15.0. The number of hydrogen-bond acceptors (Lipinski definition) is 3. The summed E-state index contributed by atoms with van der Waals surface area (Å²) < 4.78 is 34.1. The van der Waals surface area contributed by atoms with Crippen molar-refractivity contribution in [1.29, 1.82) is 0 Å². The maximum atomic E-state index is 14.1. The van der Waals surface area contributed by atoms with E-state index in [1.54, 1.807) is 6.92 Å². The van der Waals surface area contributed by atoms with Crippen molar-refractivity contribution < 1.29 is 18.3 Å². The van der Waals surface area contributed by atoms with Crippen LogP contribution in [0, 0.1) is 11.6 Å². The van der Waals surface area contributed by atoms with Crippen LogP contribution in [0.3, 0.4) is 0 Å². The van der Waals surface area contributed by atoms with E-state index in [0.29, 0.717) is 6.07 Å². The molecule has 0 aliphatic heterocycles. The Hall–Kier alpha value is -1.95. The molecule has 2 aromatic rings. The van der Waals surface area contributed by atoms with Gasteiger partial charge in [0.25, 0.3) is 0 Å². The van der Waals surface area contributed by atoms with Gasteiger partial charge in [-0.2, -0.15) is 0 Å². The van der Waals surface area contributed by atoms with Crippen molar-refractivity contribution >= 4 is 28.5 Å². The van der Waals surface area contributed by atoms with Crippen LogP contribution in [-0.4, -0.2) is 17.1 Å². The van der Waals surface area contributed by atoms with Gasteiger partial charge in [0, 0.05) is 18.3 Å². The number of carbonyl (C=O) groups is 1. The summed E-state index contributed by atoms with van der Waals surface area (Å²) in [5.41, 5.74) is -1.13. The SMILES string of the molecule is CCOC(=O)c1cn(C2CC2)c2c(Cl)c(F)cc(F)c2c1=O. The molecule has 116 valence electrons. The molecule has 0 saturated heterocycles. The Balaban J connectivity index is 2.41. The van der Waals surface area contributed by atoms with Crippen LogP contribution >= 0.6 is 11.6 Å². The number of pyridine rings is 1. The molecule has 1 aliphatic rings. The van der Waals surface area contributed by atoms with Crippen molar-refractivity contribution in [2.45, 2.75) is 25.8 Å². The number of hydrogen-bond donors (Lipinski definition) is 0. The van der Waals surface area contributed by atoms with Crippen LogP contribution in [0.25, 0.3) is 10.9 Å². The van der Waals surface area contributed by atoms with Crippen molar-refractivity contribution in [1.82, 2.24) is 4.57 Å². The van der Waals surface area contributed by atoms with Gasteiger partial charge < -0.3 is 9.30 Å². The normalized spacial score (nSPS) is 14.4. The standard InChI is InChI=1S/C15H12ClF2NO3/c1-2-22-15(21)8-6-19(7-3-4-7)13-11(14(8)20)9(17)5-10(18)12(13)16/h5-7H,2-4H2,1H3. The third-order valence-electron chi connectivity index (χ3n) is 3.58. The van der Waals surface area contributed by atoms with Gasteiger partial charge in [-0.3, -0.25) is 4.79 Å². The minimum atomic E-state index is -1.04. The first-order valence-electron chi connectivity index (χ1n) is 6.85. The van der Waals surface area contributed by atoms with E-state index in [4.69, 9.17) is 16.3 Å². The first-order valence-corrected chi connectivity index (χ1v) is 7.23. The summed E-state index contributed by atoms with van der Waals surface area (Å²) >= 11 is 5.92. The van der Waals surface area contributed by atoms with Crippen molar-refractivity contribution in [3.8, 4) is 0 Å². The Morgan fingerprint density at radius 3 is 2.68 bits per heavy atom. The van der Waals surface area contributed by atoms with E-state index < -0.39 is 23.0 Å².